The smallest absolute Gasteiger partial charge is 0.0619 e. The van der Waals surface area contributed by atoms with Gasteiger partial charge in [-0.15, -0.1) is 0 Å². The first-order valence-corrected chi connectivity index (χ1v) is 31.1. The minimum absolute atomic E-state index is 0.0527. The molecular weight excluding hydrogens is 1030 g/mol. The zero-order valence-electron chi connectivity index (χ0n) is 53.5. The van der Waals surface area contributed by atoms with E-state index in [2.05, 4.69) is 340 Å². The summed E-state index contributed by atoms with van der Waals surface area (Å²) in [5.41, 5.74) is 33.3. The van der Waals surface area contributed by atoms with Gasteiger partial charge in [0.1, 0.15) is 0 Å². The van der Waals surface area contributed by atoms with Crippen molar-refractivity contribution in [2.75, 3.05) is 0 Å². The summed E-state index contributed by atoms with van der Waals surface area (Å²) in [7, 11) is 0. The van der Waals surface area contributed by atoms with E-state index in [1.807, 2.05) is 0 Å². The van der Waals surface area contributed by atoms with Crippen LogP contribution in [-0.4, -0.2) is 0 Å². The quantitative estimate of drug-likeness (QED) is 0.135. The lowest BCUT2D eigenvalue weighted by molar-refractivity contribution is 0.590. The number of rotatable bonds is 9. The molecule has 11 aromatic rings. The number of hydrogen-bond donors (Lipinski definition) is 0. The number of aryl methyl sites for hydroxylation is 3. The first-order valence-electron chi connectivity index (χ1n) is 31.1. The van der Waals surface area contributed by atoms with Crippen molar-refractivity contribution in [3.8, 4) is 89.0 Å². The minimum Gasteiger partial charge on any atom is -0.0619 e. The van der Waals surface area contributed by atoms with Gasteiger partial charge in [0, 0.05) is 0 Å². The monoisotopic (exact) mass is 1120 g/mol. The van der Waals surface area contributed by atoms with E-state index in [1.54, 1.807) is 0 Å². The van der Waals surface area contributed by atoms with E-state index in [0.717, 1.165) is 0 Å². The second-order valence-corrected chi connectivity index (χ2v) is 28.9. The molecule has 428 valence electrons. The number of hydrogen-bond acceptors (Lipinski definition) is 0. The molecule has 0 amide bonds. The zero-order valence-corrected chi connectivity index (χ0v) is 53.5. The maximum Gasteiger partial charge on any atom is 0.0714 e. The molecule has 0 heterocycles. The largest absolute Gasteiger partial charge is 0.0714 e. The molecule has 0 saturated heterocycles. The molecular formula is C86H84. The van der Waals surface area contributed by atoms with Gasteiger partial charge < -0.3 is 0 Å². The third-order valence-electron chi connectivity index (χ3n) is 18.5. The highest BCUT2D eigenvalue weighted by Crippen LogP contribution is 2.59. The summed E-state index contributed by atoms with van der Waals surface area (Å²) >= 11 is 0. The lowest BCUT2D eigenvalue weighted by Gasteiger charge is -2.35. The van der Waals surface area contributed by atoms with Gasteiger partial charge in [-0.3, -0.25) is 0 Å². The number of fused-ring (bicyclic) bond motifs is 3. The summed E-state index contributed by atoms with van der Waals surface area (Å²) in [6.45, 7) is 34.3. The van der Waals surface area contributed by atoms with Crippen LogP contribution in [0.4, 0.5) is 0 Å². The average molecular weight is 1120 g/mol. The van der Waals surface area contributed by atoms with Crippen LogP contribution in [0.1, 0.15) is 144 Å². The van der Waals surface area contributed by atoms with Crippen molar-refractivity contribution in [3.05, 3.63) is 298 Å². The average Bonchev–Trinajstić information content (AvgIpc) is 1.52. The van der Waals surface area contributed by atoms with Crippen LogP contribution in [0.5, 0.6) is 0 Å². The molecule has 0 saturated carbocycles. The Labute approximate surface area is 514 Å². The second-order valence-electron chi connectivity index (χ2n) is 28.9. The Bertz CT molecular complexity index is 3960. The normalized spacial score (nSPS) is 13.2. The van der Waals surface area contributed by atoms with Crippen LogP contribution in [0.3, 0.4) is 0 Å². The molecule has 1 aliphatic rings. The van der Waals surface area contributed by atoms with Gasteiger partial charge >= 0.3 is 0 Å². The Morgan fingerprint density at radius 1 is 0.233 bits per heavy atom. The van der Waals surface area contributed by atoms with Crippen LogP contribution in [0.2, 0.25) is 0 Å². The molecule has 0 aromatic heterocycles. The maximum absolute atomic E-state index is 2.52. The van der Waals surface area contributed by atoms with Crippen molar-refractivity contribution < 1.29 is 0 Å². The molecule has 0 spiro atoms. The third-order valence-corrected chi connectivity index (χ3v) is 18.5. The SMILES string of the molecule is Cc1cc(C)c(-c2cccc3c2-c2ccccc2C3(c2cccc(-c3cc(-c4ccc(C(C)(C)C)cc4)cc(-c4ccc(C(C)(C)C)cc4)c3)c2)c2cccc(-c3cc(-c4ccc(C(C)(C)C)cc4)cc(-c4ccc(C(C)(C)C)cc4)c3)c2)c(C)c1. The summed E-state index contributed by atoms with van der Waals surface area (Å²) < 4.78 is 0. The van der Waals surface area contributed by atoms with Crippen LogP contribution in [0, 0.1) is 20.8 Å². The van der Waals surface area contributed by atoms with Gasteiger partial charge in [-0.25, -0.2) is 0 Å². The van der Waals surface area contributed by atoms with Gasteiger partial charge in [-0.2, -0.15) is 0 Å². The predicted octanol–water partition coefficient (Wildman–Crippen LogP) is 23.8. The summed E-state index contributed by atoms with van der Waals surface area (Å²) in [5.74, 6) is 0. The van der Waals surface area contributed by atoms with Gasteiger partial charge in [0.2, 0.25) is 0 Å². The van der Waals surface area contributed by atoms with E-state index in [-0.39, 0.29) is 21.7 Å². The van der Waals surface area contributed by atoms with Crippen LogP contribution in [-0.2, 0) is 27.1 Å². The third kappa shape index (κ3) is 10.8. The van der Waals surface area contributed by atoms with Crippen LogP contribution >= 0.6 is 0 Å². The van der Waals surface area contributed by atoms with Gasteiger partial charge in [-0.1, -0.05) is 277 Å². The van der Waals surface area contributed by atoms with Gasteiger partial charge in [-0.05, 0) is 236 Å². The topological polar surface area (TPSA) is 0 Å². The van der Waals surface area contributed by atoms with E-state index in [9.17, 15) is 0 Å². The Kier molecular flexibility index (Phi) is 14.6. The molecule has 0 unspecified atom stereocenters. The summed E-state index contributed by atoms with van der Waals surface area (Å²) in [5, 5.41) is 0. The van der Waals surface area contributed by atoms with E-state index < -0.39 is 5.41 Å². The highest BCUT2D eigenvalue weighted by Gasteiger charge is 2.47. The molecule has 0 atom stereocenters. The predicted molar refractivity (Wildman–Crippen MR) is 371 cm³/mol. The molecule has 0 fully saturated rings. The highest BCUT2D eigenvalue weighted by atomic mass is 14.5. The minimum atomic E-state index is -0.710. The molecule has 86 heavy (non-hydrogen) atoms. The molecule has 0 radical (unpaired) electrons. The zero-order chi connectivity index (χ0) is 60.7. The Morgan fingerprint density at radius 2 is 0.535 bits per heavy atom. The summed E-state index contributed by atoms with van der Waals surface area (Å²) in [6, 6.07) is 91.7. The van der Waals surface area contributed by atoms with E-state index >= 15 is 0 Å². The molecule has 0 N–H and O–H groups in total. The number of benzene rings is 11. The van der Waals surface area contributed by atoms with Crippen molar-refractivity contribution in [1.82, 2.24) is 0 Å². The second kappa shape index (κ2) is 21.7. The molecule has 1 aliphatic carbocycles. The maximum atomic E-state index is 2.52. The van der Waals surface area contributed by atoms with Crippen molar-refractivity contribution in [2.45, 2.75) is 131 Å². The standard InChI is InChI=1S/C86H84/c1-55-45-56(2)80(57(3)46-55)77-26-20-28-79-81(77)76-25-16-17-27-78(76)86(79,74-23-18-21-62(53-74)68-49-64(58-29-37-70(38-30-58)82(4,5)6)47-65(50-68)59-31-39-71(40-32-59)83(7,8)9)75-24-19-22-63(54-75)69-51-66(60-33-41-72(42-34-60)84(10,11)12)48-67(52-69)61-35-43-73(44-36-61)85(13,14)15/h16-54H,1-15H3. The van der Waals surface area contributed by atoms with Crippen molar-refractivity contribution >= 4 is 0 Å². The summed E-state index contributed by atoms with van der Waals surface area (Å²) in [4.78, 5) is 0. The molecule has 0 nitrogen and oxygen atoms in total. The first kappa shape index (κ1) is 57.8. The van der Waals surface area contributed by atoms with E-state index in [4.69, 9.17) is 0 Å². The van der Waals surface area contributed by atoms with E-state index in [1.165, 1.54) is 150 Å². The molecule has 0 aliphatic heterocycles. The van der Waals surface area contributed by atoms with Gasteiger partial charge in [0.25, 0.3) is 0 Å². The van der Waals surface area contributed by atoms with Gasteiger partial charge in [0.15, 0.2) is 0 Å². The van der Waals surface area contributed by atoms with Crippen molar-refractivity contribution in [1.29, 1.82) is 0 Å². The molecule has 0 heteroatoms. The fraction of sp³-hybridized carbons (Fsp3) is 0.233. The first-order chi connectivity index (χ1) is 40.8. The van der Waals surface area contributed by atoms with Crippen LogP contribution < -0.4 is 0 Å². The fourth-order valence-corrected chi connectivity index (χ4v) is 13.7. The van der Waals surface area contributed by atoms with Crippen LogP contribution in [0.15, 0.2) is 237 Å². The van der Waals surface area contributed by atoms with E-state index in [0.29, 0.717) is 0 Å². The Hall–Kier alpha value is -8.58. The van der Waals surface area contributed by atoms with Gasteiger partial charge in [0.05, 0.1) is 5.41 Å². The highest BCUT2D eigenvalue weighted by molar-refractivity contribution is 5.97. The molecule has 0 bridgehead atoms. The fourth-order valence-electron chi connectivity index (χ4n) is 13.7. The van der Waals surface area contributed by atoms with Crippen molar-refractivity contribution in [2.24, 2.45) is 0 Å². The lowest BCUT2D eigenvalue weighted by atomic mass is 9.66. The van der Waals surface area contributed by atoms with Crippen LogP contribution in [0.25, 0.3) is 89.0 Å². The molecule has 12 rings (SSSR count). The molecule has 11 aromatic carbocycles. The Morgan fingerprint density at radius 3 is 0.884 bits per heavy atom. The summed E-state index contributed by atoms with van der Waals surface area (Å²) in [6.07, 6.45) is 0. The lowest BCUT2D eigenvalue weighted by Crippen LogP contribution is -2.28. The van der Waals surface area contributed by atoms with Crippen molar-refractivity contribution in [3.63, 3.8) is 0 Å². The Balaban J connectivity index is 1.10.